The van der Waals surface area contributed by atoms with Crippen molar-refractivity contribution in [2.24, 2.45) is 0 Å². The topological polar surface area (TPSA) is 44.1 Å². The van der Waals surface area contributed by atoms with Crippen molar-refractivity contribution in [3.8, 4) is 0 Å². The summed E-state index contributed by atoms with van der Waals surface area (Å²) in [4.78, 5) is 10.8. The van der Waals surface area contributed by atoms with Crippen LogP contribution < -0.4 is 0 Å². The van der Waals surface area contributed by atoms with E-state index in [1.807, 2.05) is 0 Å². The first-order valence-corrected chi connectivity index (χ1v) is 6.25. The minimum atomic E-state index is -4.66. The molecule has 0 fully saturated rings. The molecule has 0 aromatic carbocycles. The summed E-state index contributed by atoms with van der Waals surface area (Å²) in [7, 11) is 0. The lowest BCUT2D eigenvalue weighted by atomic mass is 10.3. The lowest BCUT2D eigenvalue weighted by molar-refractivity contribution is -0.151. The highest BCUT2D eigenvalue weighted by Crippen LogP contribution is 2.37. The normalized spacial score (nSPS) is 13.5. The molecule has 1 rings (SSSR count). The first kappa shape index (κ1) is 15.3. The minimum absolute atomic E-state index is 0.0561. The summed E-state index contributed by atoms with van der Waals surface area (Å²) < 4.78 is 43.6. The van der Waals surface area contributed by atoms with E-state index in [2.05, 4.69) is 21.0 Å². The van der Waals surface area contributed by atoms with Gasteiger partial charge in [-0.25, -0.2) is 4.68 Å². The van der Waals surface area contributed by atoms with Crippen LogP contribution >= 0.6 is 27.5 Å². The Morgan fingerprint density at radius 1 is 1.61 bits per heavy atom. The molecular formula is C9H9BrClF3N2O2. The van der Waals surface area contributed by atoms with Crippen LogP contribution in [0.25, 0.3) is 0 Å². The van der Waals surface area contributed by atoms with E-state index >= 15 is 0 Å². The summed E-state index contributed by atoms with van der Waals surface area (Å²) in [6.07, 6.45) is -5.63. The number of alkyl halides is 4. The van der Waals surface area contributed by atoms with Gasteiger partial charge in [-0.1, -0.05) is 27.5 Å². The first-order chi connectivity index (χ1) is 8.18. The van der Waals surface area contributed by atoms with Gasteiger partial charge in [0.25, 0.3) is 0 Å². The van der Waals surface area contributed by atoms with Crippen molar-refractivity contribution >= 4 is 33.5 Å². The van der Waals surface area contributed by atoms with Crippen LogP contribution in [-0.4, -0.2) is 15.7 Å². The largest absolute Gasteiger partial charge is 0.440 e. The SMILES string of the molecule is CC(=O)OC(C)n1nc(C(F)(F)F)c(Cl)c1CBr. The molecule has 0 radical (unpaired) electrons. The van der Waals surface area contributed by atoms with Crippen molar-refractivity contribution in [2.45, 2.75) is 31.6 Å². The number of nitrogens with zero attached hydrogens (tertiary/aromatic N) is 2. The summed E-state index contributed by atoms with van der Waals surface area (Å²) in [5.74, 6) is -0.622. The summed E-state index contributed by atoms with van der Waals surface area (Å²) >= 11 is 8.64. The Bertz CT molecular complexity index is 461. The van der Waals surface area contributed by atoms with E-state index in [1.165, 1.54) is 6.92 Å². The second-order valence-corrected chi connectivity index (χ2v) is 4.33. The maximum Gasteiger partial charge on any atom is 0.436 e. The van der Waals surface area contributed by atoms with Crippen LogP contribution in [0.5, 0.6) is 0 Å². The molecule has 1 atom stereocenters. The number of ether oxygens (including phenoxy) is 1. The lowest BCUT2D eigenvalue weighted by Gasteiger charge is -2.14. The molecule has 4 nitrogen and oxygen atoms in total. The Kier molecular flexibility index (Phi) is 4.66. The predicted molar refractivity (Wildman–Crippen MR) is 61.3 cm³/mol. The Hall–Kier alpha value is -0.760. The van der Waals surface area contributed by atoms with Gasteiger partial charge in [-0.3, -0.25) is 4.79 Å². The summed E-state index contributed by atoms with van der Waals surface area (Å²) in [6, 6.07) is 0. The smallest absolute Gasteiger partial charge is 0.436 e. The standard InChI is InChI=1S/C9H9BrClF3N2O2/c1-4(18-5(2)17)16-6(3-10)7(11)8(15-16)9(12,13)14/h4H,3H2,1-2H3. The van der Waals surface area contributed by atoms with Crippen molar-refractivity contribution in [1.82, 2.24) is 9.78 Å². The third-order valence-electron chi connectivity index (χ3n) is 2.02. The molecule has 0 bridgehead atoms. The number of halogens is 5. The summed E-state index contributed by atoms with van der Waals surface area (Å²) in [5, 5.41) is 2.91. The summed E-state index contributed by atoms with van der Waals surface area (Å²) in [6.45, 7) is 2.55. The molecule has 0 aliphatic rings. The molecule has 0 aliphatic carbocycles. The zero-order valence-electron chi connectivity index (χ0n) is 9.39. The van der Waals surface area contributed by atoms with Gasteiger partial charge in [0.15, 0.2) is 11.9 Å². The molecule has 0 saturated carbocycles. The van der Waals surface area contributed by atoms with E-state index < -0.39 is 29.1 Å². The highest BCUT2D eigenvalue weighted by atomic mass is 79.9. The highest BCUT2D eigenvalue weighted by Gasteiger charge is 2.39. The quantitative estimate of drug-likeness (QED) is 0.619. The first-order valence-electron chi connectivity index (χ1n) is 4.75. The molecule has 0 amide bonds. The fourth-order valence-electron chi connectivity index (χ4n) is 1.34. The number of hydrogen-bond acceptors (Lipinski definition) is 3. The molecule has 1 aromatic heterocycles. The van der Waals surface area contributed by atoms with Crippen LogP contribution in [-0.2, 0) is 21.0 Å². The zero-order valence-corrected chi connectivity index (χ0v) is 11.7. The van der Waals surface area contributed by atoms with E-state index in [1.54, 1.807) is 0 Å². The second-order valence-electron chi connectivity index (χ2n) is 3.39. The monoisotopic (exact) mass is 348 g/mol. The van der Waals surface area contributed by atoms with E-state index in [4.69, 9.17) is 16.3 Å². The molecule has 1 unspecified atom stereocenters. The van der Waals surface area contributed by atoms with Gasteiger partial charge in [-0.05, 0) is 6.92 Å². The number of rotatable bonds is 3. The number of carbonyl (C=O) groups excluding carboxylic acids is 1. The molecule has 0 spiro atoms. The van der Waals surface area contributed by atoms with Gasteiger partial charge < -0.3 is 4.74 Å². The van der Waals surface area contributed by atoms with Gasteiger partial charge in [0, 0.05) is 12.3 Å². The number of carbonyl (C=O) groups is 1. The highest BCUT2D eigenvalue weighted by molar-refractivity contribution is 9.08. The van der Waals surface area contributed by atoms with Crippen molar-refractivity contribution in [2.75, 3.05) is 0 Å². The van der Waals surface area contributed by atoms with Crippen LogP contribution in [0.2, 0.25) is 5.02 Å². The van der Waals surface area contributed by atoms with Crippen molar-refractivity contribution in [3.05, 3.63) is 16.4 Å². The third kappa shape index (κ3) is 3.17. The van der Waals surface area contributed by atoms with Crippen molar-refractivity contribution < 1.29 is 22.7 Å². The van der Waals surface area contributed by atoms with Gasteiger partial charge in [-0.15, -0.1) is 0 Å². The maximum atomic E-state index is 12.6. The van der Waals surface area contributed by atoms with Gasteiger partial charge in [0.05, 0.1) is 10.7 Å². The Morgan fingerprint density at radius 3 is 2.56 bits per heavy atom. The third-order valence-corrected chi connectivity index (χ3v) is 2.95. The molecule has 18 heavy (non-hydrogen) atoms. The average Bonchev–Trinajstić information content (AvgIpc) is 2.53. The van der Waals surface area contributed by atoms with Crippen LogP contribution in [0.4, 0.5) is 13.2 Å². The molecule has 9 heteroatoms. The minimum Gasteiger partial charge on any atom is -0.440 e. The Morgan fingerprint density at radius 2 is 2.17 bits per heavy atom. The molecule has 1 aromatic rings. The number of esters is 1. The van der Waals surface area contributed by atoms with Gasteiger partial charge in [-0.2, -0.15) is 18.3 Å². The number of aromatic nitrogens is 2. The van der Waals surface area contributed by atoms with E-state index in [0.29, 0.717) is 0 Å². The lowest BCUT2D eigenvalue weighted by Crippen LogP contribution is -2.16. The Balaban J connectivity index is 3.24. The zero-order chi connectivity index (χ0) is 14.1. The molecule has 102 valence electrons. The fraction of sp³-hybridized carbons (Fsp3) is 0.556. The van der Waals surface area contributed by atoms with E-state index in [9.17, 15) is 18.0 Å². The van der Waals surface area contributed by atoms with Crippen LogP contribution in [0, 0.1) is 0 Å². The van der Waals surface area contributed by atoms with Gasteiger partial charge in [0.1, 0.15) is 0 Å². The van der Waals surface area contributed by atoms with Crippen molar-refractivity contribution in [3.63, 3.8) is 0 Å². The van der Waals surface area contributed by atoms with Crippen LogP contribution in [0.3, 0.4) is 0 Å². The maximum absolute atomic E-state index is 12.6. The second kappa shape index (κ2) is 5.48. The summed E-state index contributed by atoms with van der Waals surface area (Å²) in [5.41, 5.74) is -1.10. The fourth-order valence-corrected chi connectivity index (χ4v) is 2.34. The predicted octanol–water partition coefficient (Wildman–Crippen LogP) is 3.53. The molecule has 0 saturated heterocycles. The molecule has 0 N–H and O–H groups in total. The molecular weight excluding hydrogens is 340 g/mol. The van der Waals surface area contributed by atoms with E-state index in [-0.39, 0.29) is 11.0 Å². The molecule has 0 aliphatic heterocycles. The number of hydrogen-bond donors (Lipinski definition) is 0. The van der Waals surface area contributed by atoms with Crippen LogP contribution in [0.15, 0.2) is 0 Å². The van der Waals surface area contributed by atoms with Gasteiger partial charge >= 0.3 is 12.1 Å². The van der Waals surface area contributed by atoms with Crippen LogP contribution in [0.1, 0.15) is 31.5 Å². The Labute approximate surface area is 114 Å². The molecule has 1 heterocycles. The van der Waals surface area contributed by atoms with Crippen molar-refractivity contribution in [1.29, 1.82) is 0 Å². The van der Waals surface area contributed by atoms with E-state index in [0.717, 1.165) is 11.6 Å². The van der Waals surface area contributed by atoms with Gasteiger partial charge in [0.2, 0.25) is 0 Å². The average molecular weight is 350 g/mol.